The Morgan fingerprint density at radius 1 is 1.10 bits per heavy atom. The molecule has 0 spiro atoms. The molecule has 1 rings (SSSR count). The third kappa shape index (κ3) is 4.06. The van der Waals surface area contributed by atoms with Crippen LogP contribution < -0.4 is 0 Å². The average Bonchev–Trinajstić information content (AvgIpc) is 2.24. The van der Waals surface area contributed by atoms with Gasteiger partial charge < -0.3 is 0 Å². The number of rotatable bonds is 4. The lowest BCUT2D eigenvalue weighted by atomic mass is 9.67. The van der Waals surface area contributed by atoms with E-state index in [-0.39, 0.29) is 17.1 Å². The minimum Gasteiger partial charge on any atom is -0.299 e. The summed E-state index contributed by atoms with van der Waals surface area (Å²) < 4.78 is 23.7. The highest BCUT2D eigenvalue weighted by Crippen LogP contribution is 2.40. The van der Waals surface area contributed by atoms with E-state index in [4.69, 9.17) is 0 Å². The molecule has 0 N–H and O–H groups in total. The highest BCUT2D eigenvalue weighted by molar-refractivity contribution is 7.92. The molecule has 0 aromatic carbocycles. The Labute approximate surface area is 124 Å². The second kappa shape index (κ2) is 5.78. The normalized spacial score (nSPS) is 25.8. The molecule has 0 aromatic heterocycles. The van der Waals surface area contributed by atoms with Gasteiger partial charge >= 0.3 is 0 Å². The van der Waals surface area contributed by atoms with E-state index in [1.165, 1.54) is 0 Å². The molecule has 1 aliphatic rings. The van der Waals surface area contributed by atoms with Gasteiger partial charge in [-0.1, -0.05) is 20.8 Å². The van der Waals surface area contributed by atoms with Crippen LogP contribution in [0.15, 0.2) is 0 Å². The first-order valence-electron chi connectivity index (χ1n) is 7.62. The predicted molar refractivity (Wildman–Crippen MR) is 83.4 cm³/mol. The number of carbonyl (C=O) groups excluding carboxylic acids is 1. The molecule has 4 heteroatoms. The maximum absolute atomic E-state index is 12.2. The highest BCUT2D eigenvalue weighted by atomic mass is 32.2. The van der Waals surface area contributed by atoms with Gasteiger partial charge in [-0.25, -0.2) is 8.42 Å². The topological polar surface area (TPSA) is 51.2 Å². The van der Waals surface area contributed by atoms with Crippen molar-refractivity contribution in [1.82, 2.24) is 0 Å². The Morgan fingerprint density at radius 2 is 1.65 bits per heavy atom. The van der Waals surface area contributed by atoms with Gasteiger partial charge in [-0.2, -0.15) is 0 Å². The van der Waals surface area contributed by atoms with E-state index in [2.05, 4.69) is 6.92 Å². The fourth-order valence-electron chi connectivity index (χ4n) is 2.90. The van der Waals surface area contributed by atoms with Gasteiger partial charge in [-0.15, -0.1) is 0 Å². The molecule has 2 atom stereocenters. The summed E-state index contributed by atoms with van der Waals surface area (Å²) in [6.45, 7) is 11.4. The number of carbonyl (C=O) groups is 1. The Morgan fingerprint density at radius 3 is 2.10 bits per heavy atom. The van der Waals surface area contributed by atoms with Gasteiger partial charge in [0.2, 0.25) is 0 Å². The Bertz CT molecular complexity index is 455. The van der Waals surface area contributed by atoms with Crippen molar-refractivity contribution in [2.24, 2.45) is 17.3 Å². The second-order valence-corrected chi connectivity index (χ2v) is 10.9. The number of hydrogen-bond donors (Lipinski definition) is 0. The van der Waals surface area contributed by atoms with E-state index in [1.807, 2.05) is 13.8 Å². The molecule has 20 heavy (non-hydrogen) atoms. The zero-order valence-electron chi connectivity index (χ0n) is 13.8. The molecular weight excluding hydrogens is 272 g/mol. The zero-order chi connectivity index (χ0) is 15.8. The van der Waals surface area contributed by atoms with Gasteiger partial charge in [0.25, 0.3) is 0 Å². The maximum atomic E-state index is 12.2. The fraction of sp³-hybridized carbons (Fsp3) is 0.938. The van der Waals surface area contributed by atoms with Crippen molar-refractivity contribution in [2.75, 3.05) is 5.75 Å². The smallest absolute Gasteiger partial charge is 0.155 e. The van der Waals surface area contributed by atoms with E-state index in [0.717, 1.165) is 12.8 Å². The molecular formula is C16H30O3S. The molecule has 1 saturated carbocycles. The van der Waals surface area contributed by atoms with Crippen molar-refractivity contribution in [3.63, 3.8) is 0 Å². The van der Waals surface area contributed by atoms with Crippen molar-refractivity contribution in [3.8, 4) is 0 Å². The Balaban J connectivity index is 2.74. The summed E-state index contributed by atoms with van der Waals surface area (Å²) in [6.07, 6.45) is 3.20. The first-order valence-corrected chi connectivity index (χ1v) is 9.27. The molecule has 0 saturated heterocycles. The van der Waals surface area contributed by atoms with Crippen LogP contribution in [0.1, 0.15) is 67.2 Å². The third-order valence-electron chi connectivity index (χ3n) is 4.78. The number of sulfone groups is 1. The summed E-state index contributed by atoms with van der Waals surface area (Å²) >= 11 is 0. The van der Waals surface area contributed by atoms with Gasteiger partial charge in [-0.05, 0) is 51.4 Å². The lowest BCUT2D eigenvalue weighted by Gasteiger charge is -2.38. The molecule has 1 aliphatic carbocycles. The minimum absolute atomic E-state index is 0.0221. The molecule has 0 bridgehead atoms. The van der Waals surface area contributed by atoms with E-state index >= 15 is 0 Å². The highest BCUT2D eigenvalue weighted by Gasteiger charge is 2.39. The standard InChI is InChI=1S/C16H30O3S/c1-12-7-8-13(14(17)11-12)16(5,6)9-10-20(18,19)15(2,3)4/h12-13H,7-11H2,1-6H3. The van der Waals surface area contributed by atoms with Crippen LogP contribution in [0.5, 0.6) is 0 Å². The van der Waals surface area contributed by atoms with E-state index in [0.29, 0.717) is 24.5 Å². The molecule has 3 nitrogen and oxygen atoms in total. The maximum Gasteiger partial charge on any atom is 0.155 e. The molecule has 0 heterocycles. The van der Waals surface area contributed by atoms with Crippen LogP contribution in [-0.4, -0.2) is 24.7 Å². The van der Waals surface area contributed by atoms with Crippen LogP contribution in [0, 0.1) is 17.3 Å². The minimum atomic E-state index is -3.11. The lowest BCUT2D eigenvalue weighted by molar-refractivity contribution is -0.130. The van der Waals surface area contributed by atoms with Crippen LogP contribution in [0.25, 0.3) is 0 Å². The summed E-state index contributed by atoms with van der Waals surface area (Å²) in [5.74, 6) is 0.992. The SMILES string of the molecule is CC1CCC(C(C)(C)CCS(=O)(=O)C(C)(C)C)C(=O)C1. The number of hydrogen-bond acceptors (Lipinski definition) is 3. The molecule has 0 aromatic rings. The Kier molecular flexibility index (Phi) is 5.11. The summed E-state index contributed by atoms with van der Waals surface area (Å²) in [5, 5.41) is 0. The average molecular weight is 302 g/mol. The van der Waals surface area contributed by atoms with Gasteiger partial charge in [-0.3, -0.25) is 4.79 Å². The summed E-state index contributed by atoms with van der Waals surface area (Å²) in [7, 11) is -3.11. The van der Waals surface area contributed by atoms with Crippen LogP contribution in [-0.2, 0) is 14.6 Å². The third-order valence-corrected chi connectivity index (χ3v) is 7.39. The predicted octanol–water partition coefficient (Wildman–Crippen LogP) is 3.62. The number of ketones is 1. The number of Topliss-reactive ketones (excluding diaryl/α,β-unsaturated/α-hetero) is 1. The van der Waals surface area contributed by atoms with Gasteiger partial charge in [0.1, 0.15) is 5.78 Å². The van der Waals surface area contributed by atoms with Crippen LogP contribution in [0.4, 0.5) is 0 Å². The van der Waals surface area contributed by atoms with E-state index < -0.39 is 14.6 Å². The first kappa shape index (κ1) is 17.7. The molecule has 1 fully saturated rings. The summed E-state index contributed by atoms with van der Waals surface area (Å²) in [6, 6.07) is 0. The molecule has 0 amide bonds. The van der Waals surface area contributed by atoms with Gasteiger partial charge in [0.05, 0.1) is 10.5 Å². The largest absolute Gasteiger partial charge is 0.299 e. The first-order chi connectivity index (χ1) is 8.87. The van der Waals surface area contributed by atoms with Crippen molar-refractivity contribution in [2.45, 2.75) is 72.0 Å². The van der Waals surface area contributed by atoms with Gasteiger partial charge in [0, 0.05) is 12.3 Å². The van der Waals surface area contributed by atoms with Crippen molar-refractivity contribution in [3.05, 3.63) is 0 Å². The monoisotopic (exact) mass is 302 g/mol. The van der Waals surface area contributed by atoms with Crippen molar-refractivity contribution >= 4 is 15.6 Å². The zero-order valence-corrected chi connectivity index (χ0v) is 14.6. The van der Waals surface area contributed by atoms with E-state index in [9.17, 15) is 13.2 Å². The summed E-state index contributed by atoms with van der Waals surface area (Å²) in [5.41, 5.74) is -0.227. The van der Waals surface area contributed by atoms with E-state index in [1.54, 1.807) is 20.8 Å². The molecule has 2 unspecified atom stereocenters. The quantitative estimate of drug-likeness (QED) is 0.797. The Hall–Kier alpha value is -0.380. The van der Waals surface area contributed by atoms with Crippen molar-refractivity contribution < 1.29 is 13.2 Å². The van der Waals surface area contributed by atoms with Crippen LogP contribution in [0.3, 0.4) is 0 Å². The fourth-order valence-corrected chi connectivity index (χ4v) is 4.31. The molecule has 118 valence electrons. The molecule has 0 aliphatic heterocycles. The summed E-state index contributed by atoms with van der Waals surface area (Å²) in [4.78, 5) is 12.2. The van der Waals surface area contributed by atoms with Gasteiger partial charge in [0.15, 0.2) is 9.84 Å². The van der Waals surface area contributed by atoms with Crippen molar-refractivity contribution in [1.29, 1.82) is 0 Å². The lowest BCUT2D eigenvalue weighted by Crippen LogP contribution is -2.38. The van der Waals surface area contributed by atoms with Crippen LogP contribution in [0.2, 0.25) is 0 Å². The molecule has 0 radical (unpaired) electrons. The second-order valence-electron chi connectivity index (χ2n) is 8.08. The van der Waals surface area contributed by atoms with Crippen LogP contribution >= 0.6 is 0 Å².